The second-order valence-corrected chi connectivity index (χ2v) is 4.56. The zero-order chi connectivity index (χ0) is 12.3. The third-order valence-electron chi connectivity index (χ3n) is 2.22. The largest absolute Gasteiger partial charge is 0.707 e. The maximum absolute atomic E-state index is 8.73. The van der Waals surface area contributed by atoms with Gasteiger partial charge in [-0.2, -0.15) is 0 Å². The molecule has 2 N–H and O–H groups in total. The average Bonchev–Trinajstić information content (AvgIpc) is 2.15. The van der Waals surface area contributed by atoms with Crippen molar-refractivity contribution in [3.63, 3.8) is 0 Å². The molecule has 0 spiro atoms. The van der Waals surface area contributed by atoms with Crippen LogP contribution in [0.3, 0.4) is 0 Å². The summed E-state index contributed by atoms with van der Waals surface area (Å²) in [5, 5.41) is 17.5. The molecule has 4 nitrogen and oxygen atoms in total. The number of rotatable bonds is 3. The third kappa shape index (κ3) is 3.15. The van der Waals surface area contributed by atoms with Crippen molar-refractivity contribution in [1.29, 1.82) is 0 Å². The molecule has 0 unspecified atom stereocenters. The number of benzene rings is 1. The monoisotopic (exact) mass is 224 g/mol. The Hall–Kier alpha value is -1.20. The fourth-order valence-electron chi connectivity index (χ4n) is 1.47. The standard InChI is InChI=1S/C11H17BO4/c1-11(2,3)9-7-8(16-12(13)14)5-6-10(9)15-4/h5-7,13-14H,1-4H3. The Morgan fingerprint density at radius 3 is 2.25 bits per heavy atom. The molecule has 0 radical (unpaired) electrons. The summed E-state index contributed by atoms with van der Waals surface area (Å²) >= 11 is 0. The summed E-state index contributed by atoms with van der Waals surface area (Å²) < 4.78 is 10.1. The molecule has 16 heavy (non-hydrogen) atoms. The smallest absolute Gasteiger partial charge is 0.512 e. The van der Waals surface area contributed by atoms with E-state index in [1.165, 1.54) is 0 Å². The van der Waals surface area contributed by atoms with Crippen LogP contribution in [0.4, 0.5) is 0 Å². The van der Waals surface area contributed by atoms with E-state index in [2.05, 4.69) is 0 Å². The van der Waals surface area contributed by atoms with Crippen molar-refractivity contribution < 1.29 is 19.4 Å². The van der Waals surface area contributed by atoms with Gasteiger partial charge in [0.2, 0.25) is 0 Å². The van der Waals surface area contributed by atoms with Crippen molar-refractivity contribution in [2.24, 2.45) is 0 Å². The maximum Gasteiger partial charge on any atom is 0.707 e. The van der Waals surface area contributed by atoms with Gasteiger partial charge in [0.1, 0.15) is 11.5 Å². The highest BCUT2D eigenvalue weighted by molar-refractivity contribution is 6.33. The molecule has 1 aromatic carbocycles. The first-order valence-corrected chi connectivity index (χ1v) is 5.06. The molecule has 0 saturated carbocycles. The minimum Gasteiger partial charge on any atom is -0.512 e. The molecule has 0 amide bonds. The van der Waals surface area contributed by atoms with Gasteiger partial charge in [-0.25, -0.2) is 0 Å². The van der Waals surface area contributed by atoms with E-state index in [4.69, 9.17) is 19.4 Å². The molecular weight excluding hydrogens is 207 g/mol. The van der Waals surface area contributed by atoms with Gasteiger partial charge in [0.05, 0.1) is 7.11 Å². The second-order valence-electron chi connectivity index (χ2n) is 4.56. The number of hydrogen-bond donors (Lipinski definition) is 2. The molecule has 0 aliphatic heterocycles. The fourth-order valence-corrected chi connectivity index (χ4v) is 1.47. The van der Waals surface area contributed by atoms with Crippen LogP contribution in [0.25, 0.3) is 0 Å². The molecule has 0 aliphatic rings. The SMILES string of the molecule is COc1ccc(OB(O)O)cc1C(C)(C)C. The van der Waals surface area contributed by atoms with Gasteiger partial charge < -0.3 is 19.4 Å². The first kappa shape index (κ1) is 12.9. The molecular formula is C11H17BO4. The van der Waals surface area contributed by atoms with Gasteiger partial charge in [-0.1, -0.05) is 20.8 Å². The minimum atomic E-state index is -1.80. The molecule has 1 rings (SSSR count). The van der Waals surface area contributed by atoms with Crippen LogP contribution in [-0.4, -0.2) is 24.5 Å². The Morgan fingerprint density at radius 2 is 1.81 bits per heavy atom. The van der Waals surface area contributed by atoms with Crippen LogP contribution in [0.1, 0.15) is 26.3 Å². The van der Waals surface area contributed by atoms with Gasteiger partial charge in [-0.3, -0.25) is 0 Å². The molecule has 0 fully saturated rings. The van der Waals surface area contributed by atoms with E-state index in [1.54, 1.807) is 25.3 Å². The lowest BCUT2D eigenvalue weighted by Crippen LogP contribution is -2.21. The predicted molar refractivity (Wildman–Crippen MR) is 62.5 cm³/mol. The van der Waals surface area contributed by atoms with Crippen molar-refractivity contribution in [3.05, 3.63) is 23.8 Å². The van der Waals surface area contributed by atoms with Crippen LogP contribution < -0.4 is 9.39 Å². The van der Waals surface area contributed by atoms with Gasteiger partial charge in [-0.05, 0) is 23.6 Å². The van der Waals surface area contributed by atoms with E-state index in [9.17, 15) is 0 Å². The van der Waals surface area contributed by atoms with Gasteiger partial charge >= 0.3 is 7.32 Å². The summed E-state index contributed by atoms with van der Waals surface area (Å²) in [5.41, 5.74) is 0.846. The highest BCUT2D eigenvalue weighted by Crippen LogP contribution is 2.34. The lowest BCUT2D eigenvalue weighted by atomic mass is 9.86. The Labute approximate surface area is 96.0 Å². The lowest BCUT2D eigenvalue weighted by molar-refractivity contribution is 0.287. The molecule has 0 atom stereocenters. The van der Waals surface area contributed by atoms with E-state index in [-0.39, 0.29) is 5.41 Å². The third-order valence-corrected chi connectivity index (χ3v) is 2.22. The van der Waals surface area contributed by atoms with E-state index in [1.807, 2.05) is 20.8 Å². The van der Waals surface area contributed by atoms with Gasteiger partial charge in [0.25, 0.3) is 0 Å². The summed E-state index contributed by atoms with van der Waals surface area (Å²) in [4.78, 5) is 0. The minimum absolute atomic E-state index is 0.106. The molecule has 5 heteroatoms. The number of ether oxygens (including phenoxy) is 1. The molecule has 0 bridgehead atoms. The number of hydrogen-bond acceptors (Lipinski definition) is 4. The molecule has 0 heterocycles. The quantitative estimate of drug-likeness (QED) is 0.760. The van der Waals surface area contributed by atoms with E-state index >= 15 is 0 Å². The molecule has 0 aliphatic carbocycles. The Balaban J connectivity index is 3.12. The van der Waals surface area contributed by atoms with E-state index in [0.717, 1.165) is 11.3 Å². The zero-order valence-electron chi connectivity index (χ0n) is 10.0. The molecule has 0 aromatic heterocycles. The molecule has 1 aromatic rings. The zero-order valence-corrected chi connectivity index (χ0v) is 10.0. The van der Waals surface area contributed by atoms with Crippen molar-refractivity contribution in [3.8, 4) is 11.5 Å². The van der Waals surface area contributed by atoms with Gasteiger partial charge in [0.15, 0.2) is 0 Å². The van der Waals surface area contributed by atoms with Crippen LogP contribution in [-0.2, 0) is 5.41 Å². The normalized spacial score (nSPS) is 11.1. The summed E-state index contributed by atoms with van der Waals surface area (Å²) in [7, 11) is -0.201. The summed E-state index contributed by atoms with van der Waals surface area (Å²) in [5.74, 6) is 1.16. The Bertz CT molecular complexity index is 357. The summed E-state index contributed by atoms with van der Waals surface area (Å²) in [6.07, 6.45) is 0. The van der Waals surface area contributed by atoms with Crippen LogP contribution in [0.5, 0.6) is 11.5 Å². The van der Waals surface area contributed by atoms with Crippen molar-refractivity contribution in [2.45, 2.75) is 26.2 Å². The first-order chi connectivity index (χ1) is 7.34. The summed E-state index contributed by atoms with van der Waals surface area (Å²) in [6.45, 7) is 6.14. The Morgan fingerprint density at radius 1 is 1.19 bits per heavy atom. The summed E-state index contributed by atoms with van der Waals surface area (Å²) in [6, 6.07) is 5.13. The van der Waals surface area contributed by atoms with Crippen LogP contribution in [0.2, 0.25) is 0 Å². The highest BCUT2D eigenvalue weighted by Gasteiger charge is 2.21. The van der Waals surface area contributed by atoms with Crippen LogP contribution >= 0.6 is 0 Å². The average molecular weight is 224 g/mol. The van der Waals surface area contributed by atoms with Crippen LogP contribution in [0, 0.1) is 0 Å². The molecule has 0 saturated heterocycles. The van der Waals surface area contributed by atoms with Crippen molar-refractivity contribution in [1.82, 2.24) is 0 Å². The molecule has 88 valence electrons. The van der Waals surface area contributed by atoms with Crippen LogP contribution in [0.15, 0.2) is 18.2 Å². The maximum atomic E-state index is 8.73. The number of methoxy groups -OCH3 is 1. The van der Waals surface area contributed by atoms with E-state index < -0.39 is 7.32 Å². The first-order valence-electron chi connectivity index (χ1n) is 5.06. The van der Waals surface area contributed by atoms with Gasteiger partial charge in [-0.15, -0.1) is 0 Å². The van der Waals surface area contributed by atoms with E-state index in [0.29, 0.717) is 5.75 Å². The van der Waals surface area contributed by atoms with Crippen molar-refractivity contribution >= 4 is 7.32 Å². The lowest BCUT2D eigenvalue weighted by Gasteiger charge is -2.22. The fraction of sp³-hybridized carbons (Fsp3) is 0.455. The highest BCUT2D eigenvalue weighted by atomic mass is 16.6. The predicted octanol–water partition coefficient (Wildman–Crippen LogP) is 1.34. The topological polar surface area (TPSA) is 58.9 Å². The van der Waals surface area contributed by atoms with Crippen molar-refractivity contribution in [2.75, 3.05) is 7.11 Å². The van der Waals surface area contributed by atoms with Gasteiger partial charge in [0, 0.05) is 5.56 Å². The Kier molecular flexibility index (Phi) is 3.83. The second kappa shape index (κ2) is 4.76.